The number of hydrogen-bond donors (Lipinski definition) is 1. The molecule has 0 saturated heterocycles. The van der Waals surface area contributed by atoms with Crippen molar-refractivity contribution in [3.8, 4) is 11.3 Å². The molecule has 0 fully saturated rings. The number of hydrogen-bond acceptors (Lipinski definition) is 4. The minimum atomic E-state index is -0.320. The molecule has 0 bridgehead atoms. The van der Waals surface area contributed by atoms with Crippen molar-refractivity contribution in [1.29, 1.82) is 0 Å². The number of likely N-dealkylation sites (N-methyl/N-ethyl adjacent to an activating group) is 1. The lowest BCUT2D eigenvalue weighted by Gasteiger charge is -2.19. The lowest BCUT2D eigenvalue weighted by Crippen LogP contribution is -2.33. The van der Waals surface area contributed by atoms with Crippen molar-refractivity contribution in [3.05, 3.63) is 40.6 Å². The predicted molar refractivity (Wildman–Crippen MR) is 82.0 cm³/mol. The second kappa shape index (κ2) is 6.28. The van der Waals surface area contributed by atoms with Crippen molar-refractivity contribution in [1.82, 2.24) is 10.2 Å². The molecule has 0 spiro atoms. The van der Waals surface area contributed by atoms with Gasteiger partial charge in [0.2, 0.25) is 0 Å². The van der Waals surface area contributed by atoms with Gasteiger partial charge in [-0.15, -0.1) is 10.2 Å². The van der Waals surface area contributed by atoms with Crippen LogP contribution >= 0.6 is 15.9 Å². The molecule has 1 aromatic heterocycles. The Morgan fingerprint density at radius 1 is 1.30 bits per heavy atom. The molecule has 0 radical (unpaired) electrons. The highest BCUT2D eigenvalue weighted by Crippen LogP contribution is 2.25. The number of rotatable bonds is 4. The maximum Gasteiger partial charge on any atom is 0.151 e. The highest BCUT2D eigenvalue weighted by atomic mass is 79.9. The van der Waals surface area contributed by atoms with E-state index >= 15 is 0 Å². The van der Waals surface area contributed by atoms with Gasteiger partial charge in [0, 0.05) is 29.7 Å². The van der Waals surface area contributed by atoms with Crippen LogP contribution in [0.25, 0.3) is 11.3 Å². The van der Waals surface area contributed by atoms with E-state index in [9.17, 15) is 4.39 Å². The molecular weight excluding hydrogens is 323 g/mol. The lowest BCUT2D eigenvalue weighted by atomic mass is 10.1. The first-order chi connectivity index (χ1) is 9.47. The molecule has 6 heteroatoms. The van der Waals surface area contributed by atoms with Crippen LogP contribution in [-0.4, -0.2) is 29.8 Å². The molecule has 106 valence electrons. The minimum Gasteiger partial charge on any atom is -0.357 e. The fourth-order valence-corrected chi connectivity index (χ4v) is 2.25. The second-order valence-electron chi connectivity index (χ2n) is 4.76. The zero-order chi connectivity index (χ0) is 14.7. The number of aromatic nitrogens is 2. The van der Waals surface area contributed by atoms with E-state index in [1.54, 1.807) is 18.2 Å². The van der Waals surface area contributed by atoms with E-state index in [4.69, 9.17) is 5.73 Å². The van der Waals surface area contributed by atoms with Gasteiger partial charge in [0.25, 0.3) is 0 Å². The third-order valence-corrected chi connectivity index (χ3v) is 3.30. The Kier molecular flexibility index (Phi) is 4.67. The van der Waals surface area contributed by atoms with Gasteiger partial charge < -0.3 is 10.6 Å². The molecule has 0 aliphatic rings. The molecular formula is C14H16BrFN4. The van der Waals surface area contributed by atoms with Gasteiger partial charge in [0.05, 0.1) is 5.69 Å². The molecule has 2 aromatic rings. The zero-order valence-corrected chi connectivity index (χ0v) is 12.9. The quantitative estimate of drug-likeness (QED) is 0.931. The van der Waals surface area contributed by atoms with E-state index in [0.717, 1.165) is 4.47 Å². The summed E-state index contributed by atoms with van der Waals surface area (Å²) in [6.07, 6.45) is 0. The number of nitrogens with zero attached hydrogens (tertiary/aromatic N) is 3. The van der Waals surface area contributed by atoms with Crippen LogP contribution < -0.4 is 10.6 Å². The molecule has 2 N–H and O–H groups in total. The fourth-order valence-electron chi connectivity index (χ4n) is 1.89. The van der Waals surface area contributed by atoms with Crippen LogP contribution in [0.1, 0.15) is 6.92 Å². The number of anilines is 1. The number of benzene rings is 1. The Bertz CT molecular complexity index is 586. The summed E-state index contributed by atoms with van der Waals surface area (Å²) < 4.78 is 14.6. The Morgan fingerprint density at radius 2 is 2.05 bits per heavy atom. The van der Waals surface area contributed by atoms with Gasteiger partial charge in [-0.2, -0.15) is 0 Å². The van der Waals surface area contributed by atoms with Crippen molar-refractivity contribution < 1.29 is 4.39 Å². The highest BCUT2D eigenvalue weighted by molar-refractivity contribution is 9.10. The Labute approximate surface area is 125 Å². The predicted octanol–water partition coefficient (Wildman–Crippen LogP) is 2.83. The van der Waals surface area contributed by atoms with Gasteiger partial charge in [0.1, 0.15) is 5.82 Å². The van der Waals surface area contributed by atoms with Crippen molar-refractivity contribution >= 4 is 21.7 Å². The van der Waals surface area contributed by atoms with E-state index in [1.165, 1.54) is 6.07 Å². The topological polar surface area (TPSA) is 55.0 Å². The summed E-state index contributed by atoms with van der Waals surface area (Å²) in [6, 6.07) is 8.35. The van der Waals surface area contributed by atoms with Crippen LogP contribution in [0.3, 0.4) is 0 Å². The van der Waals surface area contributed by atoms with Crippen LogP contribution in [0, 0.1) is 5.82 Å². The van der Waals surface area contributed by atoms with E-state index in [-0.39, 0.29) is 11.9 Å². The third kappa shape index (κ3) is 3.52. The molecule has 20 heavy (non-hydrogen) atoms. The average Bonchev–Trinajstić information content (AvgIpc) is 2.41. The monoisotopic (exact) mass is 338 g/mol. The highest BCUT2D eigenvalue weighted by Gasteiger charge is 2.10. The first-order valence-electron chi connectivity index (χ1n) is 6.23. The summed E-state index contributed by atoms with van der Waals surface area (Å²) in [5.74, 6) is 0.389. The largest absolute Gasteiger partial charge is 0.357 e. The maximum absolute atomic E-state index is 13.8. The molecule has 0 saturated carbocycles. The smallest absolute Gasteiger partial charge is 0.151 e. The average molecular weight is 339 g/mol. The van der Waals surface area contributed by atoms with Crippen molar-refractivity contribution in [2.24, 2.45) is 5.73 Å². The van der Waals surface area contributed by atoms with Crippen LogP contribution in [0.5, 0.6) is 0 Å². The summed E-state index contributed by atoms with van der Waals surface area (Å²) in [5.41, 5.74) is 6.67. The molecule has 1 unspecified atom stereocenters. The summed E-state index contributed by atoms with van der Waals surface area (Å²) in [6.45, 7) is 2.61. The van der Waals surface area contributed by atoms with Crippen molar-refractivity contribution in [2.45, 2.75) is 13.0 Å². The fraction of sp³-hybridized carbons (Fsp3) is 0.286. The Morgan fingerprint density at radius 3 is 2.65 bits per heavy atom. The van der Waals surface area contributed by atoms with E-state index in [1.807, 2.05) is 24.9 Å². The van der Waals surface area contributed by atoms with Gasteiger partial charge >= 0.3 is 0 Å². The van der Waals surface area contributed by atoms with Crippen LogP contribution in [0.2, 0.25) is 0 Å². The van der Waals surface area contributed by atoms with E-state index in [0.29, 0.717) is 23.6 Å². The lowest BCUT2D eigenvalue weighted by molar-refractivity contribution is 0.630. The van der Waals surface area contributed by atoms with Gasteiger partial charge in [-0.05, 0) is 37.3 Å². The van der Waals surface area contributed by atoms with E-state index in [2.05, 4.69) is 26.1 Å². The van der Waals surface area contributed by atoms with Crippen molar-refractivity contribution in [3.63, 3.8) is 0 Å². The van der Waals surface area contributed by atoms with Gasteiger partial charge in [-0.1, -0.05) is 15.9 Å². The molecule has 2 rings (SSSR count). The normalized spacial score (nSPS) is 12.2. The first kappa shape index (κ1) is 14.9. The molecule has 4 nitrogen and oxygen atoms in total. The standard InChI is InChI=1S/C14H16BrFN4/c1-9(17)8-20(2)14-6-5-13(18-19-14)11-7-10(15)3-4-12(11)16/h3-7,9H,8,17H2,1-2H3. The zero-order valence-electron chi connectivity index (χ0n) is 11.3. The van der Waals surface area contributed by atoms with Crippen LogP contribution in [0.15, 0.2) is 34.8 Å². The maximum atomic E-state index is 13.8. The van der Waals surface area contributed by atoms with Crippen LogP contribution in [-0.2, 0) is 0 Å². The van der Waals surface area contributed by atoms with Crippen LogP contribution in [0.4, 0.5) is 10.2 Å². The third-order valence-electron chi connectivity index (χ3n) is 2.81. The number of nitrogens with two attached hydrogens (primary N) is 1. The molecule has 1 atom stereocenters. The molecule has 1 aromatic carbocycles. The summed E-state index contributed by atoms with van der Waals surface area (Å²) in [7, 11) is 1.90. The van der Waals surface area contributed by atoms with Gasteiger partial charge in [-0.3, -0.25) is 0 Å². The molecule has 1 heterocycles. The van der Waals surface area contributed by atoms with E-state index < -0.39 is 0 Å². The Balaban J connectivity index is 2.26. The first-order valence-corrected chi connectivity index (χ1v) is 7.02. The SMILES string of the molecule is CC(N)CN(C)c1ccc(-c2cc(Br)ccc2F)nn1. The summed E-state index contributed by atoms with van der Waals surface area (Å²) in [4.78, 5) is 1.92. The molecule has 0 aliphatic heterocycles. The van der Waals surface area contributed by atoms with Gasteiger partial charge in [0.15, 0.2) is 5.82 Å². The molecule has 0 aliphatic carbocycles. The second-order valence-corrected chi connectivity index (χ2v) is 5.67. The Hall–Kier alpha value is -1.53. The summed E-state index contributed by atoms with van der Waals surface area (Å²) >= 11 is 3.32. The van der Waals surface area contributed by atoms with Gasteiger partial charge in [-0.25, -0.2) is 4.39 Å². The van der Waals surface area contributed by atoms with Crippen molar-refractivity contribution in [2.75, 3.05) is 18.5 Å². The number of halogens is 2. The molecule has 0 amide bonds. The summed E-state index contributed by atoms with van der Waals surface area (Å²) in [5, 5.41) is 8.20. The minimum absolute atomic E-state index is 0.0454.